The van der Waals surface area contributed by atoms with Gasteiger partial charge in [0, 0.05) is 31.7 Å². The van der Waals surface area contributed by atoms with Crippen molar-refractivity contribution in [3.05, 3.63) is 60.7 Å². The lowest BCUT2D eigenvalue weighted by Gasteiger charge is -2.35. The lowest BCUT2D eigenvalue weighted by Crippen LogP contribution is -2.49. The number of benzene rings is 1. The van der Waals surface area contributed by atoms with Gasteiger partial charge in [-0.25, -0.2) is 9.67 Å². The monoisotopic (exact) mass is 335 g/mol. The van der Waals surface area contributed by atoms with Gasteiger partial charge in [-0.3, -0.25) is 4.79 Å². The summed E-state index contributed by atoms with van der Waals surface area (Å²) < 4.78 is 1.56. The van der Waals surface area contributed by atoms with Crippen molar-refractivity contribution in [2.75, 3.05) is 31.1 Å². The van der Waals surface area contributed by atoms with Crippen molar-refractivity contribution < 1.29 is 4.79 Å². The van der Waals surface area contributed by atoms with Gasteiger partial charge in [-0.1, -0.05) is 18.2 Å². The number of piperazine rings is 1. The Morgan fingerprint density at radius 2 is 1.60 bits per heavy atom. The van der Waals surface area contributed by atoms with E-state index in [0.717, 1.165) is 24.5 Å². The van der Waals surface area contributed by atoms with Crippen LogP contribution in [0.5, 0.6) is 0 Å². The molecule has 1 aromatic carbocycles. The van der Waals surface area contributed by atoms with Crippen LogP contribution in [0.1, 0.15) is 10.4 Å². The van der Waals surface area contributed by atoms with Crippen molar-refractivity contribution in [2.24, 2.45) is 0 Å². The quantitative estimate of drug-likeness (QED) is 0.711. The molecular weight excluding hydrogens is 318 g/mol. The van der Waals surface area contributed by atoms with Crippen molar-refractivity contribution in [3.63, 3.8) is 0 Å². The van der Waals surface area contributed by atoms with Crippen molar-refractivity contribution in [3.8, 4) is 5.82 Å². The first-order chi connectivity index (χ1) is 12.3. The highest BCUT2D eigenvalue weighted by atomic mass is 16.2. The molecule has 0 atom stereocenters. The Balaban J connectivity index is 1.39. The first-order valence-electron chi connectivity index (χ1n) is 8.09. The van der Waals surface area contributed by atoms with Crippen molar-refractivity contribution in [1.29, 1.82) is 0 Å². The number of aromatic nitrogens is 5. The summed E-state index contributed by atoms with van der Waals surface area (Å²) in [5.41, 5.74) is 0.730. The van der Waals surface area contributed by atoms with E-state index in [1.807, 2.05) is 47.4 Å². The SMILES string of the molecule is O=C(c1ccccc1)N1CCN(c2ccc(-n3cncn3)nn2)CC1. The molecule has 25 heavy (non-hydrogen) atoms. The minimum Gasteiger partial charge on any atom is -0.352 e. The van der Waals surface area contributed by atoms with Crippen LogP contribution in [0.4, 0.5) is 5.82 Å². The molecule has 0 spiro atoms. The number of nitrogens with zero attached hydrogens (tertiary/aromatic N) is 7. The van der Waals surface area contributed by atoms with Gasteiger partial charge >= 0.3 is 0 Å². The van der Waals surface area contributed by atoms with Crippen LogP contribution in [0.3, 0.4) is 0 Å². The predicted octanol–water partition coefficient (Wildman–Crippen LogP) is 1.02. The molecule has 126 valence electrons. The van der Waals surface area contributed by atoms with Crippen LogP contribution in [-0.2, 0) is 0 Å². The molecule has 1 aliphatic rings. The molecule has 8 heteroatoms. The van der Waals surface area contributed by atoms with Gasteiger partial charge in [0.1, 0.15) is 12.7 Å². The van der Waals surface area contributed by atoms with Crippen LogP contribution in [-0.4, -0.2) is 61.9 Å². The average Bonchev–Trinajstić information content (AvgIpc) is 3.23. The summed E-state index contributed by atoms with van der Waals surface area (Å²) in [6.45, 7) is 2.80. The fourth-order valence-electron chi connectivity index (χ4n) is 2.84. The number of hydrogen-bond acceptors (Lipinski definition) is 6. The maximum Gasteiger partial charge on any atom is 0.253 e. The predicted molar refractivity (Wildman–Crippen MR) is 91.5 cm³/mol. The van der Waals surface area contributed by atoms with Gasteiger partial charge in [-0.2, -0.15) is 5.10 Å². The van der Waals surface area contributed by atoms with Gasteiger partial charge in [0.2, 0.25) is 0 Å². The normalized spacial score (nSPS) is 14.6. The Morgan fingerprint density at radius 3 is 2.24 bits per heavy atom. The highest BCUT2D eigenvalue weighted by Gasteiger charge is 2.22. The maximum atomic E-state index is 12.5. The zero-order valence-electron chi connectivity index (χ0n) is 13.6. The molecule has 1 fully saturated rings. The lowest BCUT2D eigenvalue weighted by atomic mass is 10.2. The molecule has 3 aromatic rings. The van der Waals surface area contributed by atoms with E-state index in [9.17, 15) is 4.79 Å². The molecule has 8 nitrogen and oxygen atoms in total. The van der Waals surface area contributed by atoms with E-state index in [-0.39, 0.29) is 5.91 Å². The van der Waals surface area contributed by atoms with Crippen molar-refractivity contribution in [2.45, 2.75) is 0 Å². The van der Waals surface area contributed by atoms with E-state index in [4.69, 9.17) is 0 Å². The standard InChI is InChI=1S/C17H17N7O/c25-17(14-4-2-1-3-5-14)23-10-8-22(9-11-23)15-6-7-16(21-20-15)24-13-18-12-19-24/h1-7,12-13H,8-11H2. The smallest absolute Gasteiger partial charge is 0.253 e. The summed E-state index contributed by atoms with van der Waals surface area (Å²) in [6, 6.07) is 13.2. The van der Waals surface area contributed by atoms with Gasteiger partial charge in [-0.05, 0) is 24.3 Å². The van der Waals surface area contributed by atoms with Gasteiger partial charge in [0.25, 0.3) is 5.91 Å². The summed E-state index contributed by atoms with van der Waals surface area (Å²) in [5.74, 6) is 1.50. The molecule has 1 amide bonds. The molecule has 0 unspecified atom stereocenters. The second-order valence-corrected chi connectivity index (χ2v) is 5.74. The first-order valence-corrected chi connectivity index (χ1v) is 8.09. The van der Waals surface area contributed by atoms with Crippen LogP contribution >= 0.6 is 0 Å². The number of anilines is 1. The van der Waals surface area contributed by atoms with Gasteiger partial charge < -0.3 is 9.80 Å². The Labute approximate surface area is 144 Å². The van der Waals surface area contributed by atoms with E-state index < -0.39 is 0 Å². The maximum absolute atomic E-state index is 12.5. The highest BCUT2D eigenvalue weighted by molar-refractivity contribution is 5.94. The molecule has 0 aliphatic carbocycles. The number of hydrogen-bond donors (Lipinski definition) is 0. The molecule has 4 rings (SSSR count). The third-order valence-corrected chi connectivity index (χ3v) is 4.20. The Morgan fingerprint density at radius 1 is 0.880 bits per heavy atom. The van der Waals surface area contributed by atoms with Crippen LogP contribution in [0.25, 0.3) is 5.82 Å². The van der Waals surface area contributed by atoms with E-state index in [1.165, 1.54) is 6.33 Å². The molecule has 1 aliphatic heterocycles. The van der Waals surface area contributed by atoms with Gasteiger partial charge in [0.05, 0.1) is 0 Å². The summed E-state index contributed by atoms with van der Waals surface area (Å²) in [6.07, 6.45) is 3.04. The van der Waals surface area contributed by atoms with Gasteiger partial charge in [0.15, 0.2) is 11.6 Å². The summed E-state index contributed by atoms with van der Waals surface area (Å²) in [4.78, 5) is 20.4. The van der Waals surface area contributed by atoms with Crippen LogP contribution < -0.4 is 4.90 Å². The van der Waals surface area contributed by atoms with Crippen molar-refractivity contribution >= 4 is 11.7 Å². The van der Waals surface area contributed by atoms with E-state index in [1.54, 1.807) is 11.0 Å². The molecule has 0 saturated carbocycles. The van der Waals surface area contributed by atoms with Crippen molar-refractivity contribution in [1.82, 2.24) is 29.9 Å². The van der Waals surface area contributed by atoms with Crippen LogP contribution in [0, 0.1) is 0 Å². The number of carbonyl (C=O) groups is 1. The summed E-state index contributed by atoms with van der Waals surface area (Å²) >= 11 is 0. The molecule has 0 radical (unpaired) electrons. The topological polar surface area (TPSA) is 80.0 Å². The largest absolute Gasteiger partial charge is 0.352 e. The minimum atomic E-state index is 0.0767. The van der Waals surface area contributed by atoms with E-state index >= 15 is 0 Å². The molecule has 3 heterocycles. The molecule has 0 N–H and O–H groups in total. The molecule has 2 aromatic heterocycles. The highest BCUT2D eigenvalue weighted by Crippen LogP contribution is 2.15. The molecule has 0 bridgehead atoms. The van der Waals surface area contributed by atoms with Gasteiger partial charge in [-0.15, -0.1) is 10.2 Å². The first kappa shape index (κ1) is 15.3. The zero-order valence-corrected chi connectivity index (χ0v) is 13.6. The average molecular weight is 335 g/mol. The zero-order chi connectivity index (χ0) is 17.1. The van der Waals surface area contributed by atoms with E-state index in [0.29, 0.717) is 18.9 Å². The lowest BCUT2D eigenvalue weighted by molar-refractivity contribution is 0.0746. The fraction of sp³-hybridized carbons (Fsp3) is 0.235. The third-order valence-electron chi connectivity index (χ3n) is 4.20. The molecular formula is C17H17N7O. The number of rotatable bonds is 3. The Bertz CT molecular complexity index is 825. The number of carbonyl (C=O) groups excluding carboxylic acids is 1. The van der Waals surface area contributed by atoms with E-state index in [2.05, 4.69) is 25.2 Å². The second-order valence-electron chi connectivity index (χ2n) is 5.74. The second kappa shape index (κ2) is 6.68. The minimum absolute atomic E-state index is 0.0767. The fourth-order valence-corrected chi connectivity index (χ4v) is 2.84. The molecule has 1 saturated heterocycles. The Kier molecular flexibility index (Phi) is 4.07. The Hall–Kier alpha value is -3.29. The van der Waals surface area contributed by atoms with Crippen LogP contribution in [0.2, 0.25) is 0 Å². The number of amides is 1. The summed E-state index contributed by atoms with van der Waals surface area (Å²) in [7, 11) is 0. The third kappa shape index (κ3) is 3.18. The summed E-state index contributed by atoms with van der Waals surface area (Å²) in [5, 5.41) is 12.5. The van der Waals surface area contributed by atoms with Crippen LogP contribution in [0.15, 0.2) is 55.1 Å².